The molecule has 5 heteroatoms. The van der Waals surface area contributed by atoms with Crippen LogP contribution >= 0.6 is 0 Å². The van der Waals surface area contributed by atoms with Gasteiger partial charge in [0.2, 0.25) is 11.7 Å². The number of piperidine rings is 1. The van der Waals surface area contributed by atoms with Crippen LogP contribution in [-0.2, 0) is 6.54 Å². The van der Waals surface area contributed by atoms with E-state index < -0.39 is 0 Å². The fourth-order valence-corrected chi connectivity index (χ4v) is 3.12. The topological polar surface area (TPSA) is 62.4 Å². The lowest BCUT2D eigenvalue weighted by molar-refractivity contribution is 0.0370. The number of likely N-dealkylation sites (tertiary alicyclic amines) is 1. The van der Waals surface area contributed by atoms with Crippen LogP contribution in [0.3, 0.4) is 0 Å². The van der Waals surface area contributed by atoms with Crippen molar-refractivity contribution in [1.29, 1.82) is 0 Å². The van der Waals surface area contributed by atoms with Gasteiger partial charge in [0, 0.05) is 17.6 Å². The first-order chi connectivity index (χ1) is 10.7. The predicted octanol–water partition coefficient (Wildman–Crippen LogP) is 2.78. The van der Waals surface area contributed by atoms with Crippen LogP contribution in [0.4, 0.5) is 0 Å². The Morgan fingerprint density at radius 2 is 2.05 bits per heavy atom. The zero-order chi connectivity index (χ0) is 15.5. The normalized spacial score (nSPS) is 22.9. The smallest absolute Gasteiger partial charge is 0.241 e. The van der Waals surface area contributed by atoms with E-state index in [0.717, 1.165) is 18.4 Å². The summed E-state index contributed by atoms with van der Waals surface area (Å²) < 4.78 is 5.41. The van der Waals surface area contributed by atoms with Gasteiger partial charge in [-0.05, 0) is 26.7 Å². The Bertz CT molecular complexity index is 609. The Balaban J connectivity index is 1.74. The highest BCUT2D eigenvalue weighted by molar-refractivity contribution is 5.54. The Morgan fingerprint density at radius 1 is 1.27 bits per heavy atom. The van der Waals surface area contributed by atoms with E-state index in [2.05, 4.69) is 28.9 Å². The van der Waals surface area contributed by atoms with E-state index in [0.29, 0.717) is 24.3 Å². The van der Waals surface area contributed by atoms with E-state index in [1.807, 2.05) is 24.3 Å². The SMILES string of the molecule is Cc1ccc(-c2noc(CN3C(C)CCCC3CO)n2)cc1. The minimum Gasteiger partial charge on any atom is -0.395 e. The number of benzene rings is 1. The third kappa shape index (κ3) is 3.20. The van der Waals surface area contributed by atoms with Gasteiger partial charge in [0.05, 0.1) is 13.2 Å². The summed E-state index contributed by atoms with van der Waals surface area (Å²) in [7, 11) is 0. The van der Waals surface area contributed by atoms with Crippen LogP contribution in [0.15, 0.2) is 28.8 Å². The molecule has 3 rings (SSSR count). The van der Waals surface area contributed by atoms with Gasteiger partial charge in [0.1, 0.15) is 0 Å². The van der Waals surface area contributed by atoms with Crippen molar-refractivity contribution < 1.29 is 9.63 Å². The largest absolute Gasteiger partial charge is 0.395 e. The summed E-state index contributed by atoms with van der Waals surface area (Å²) in [5, 5.41) is 13.6. The average molecular weight is 301 g/mol. The van der Waals surface area contributed by atoms with Gasteiger partial charge in [-0.3, -0.25) is 4.90 Å². The second-order valence-electron chi connectivity index (χ2n) is 6.17. The molecule has 0 aliphatic carbocycles. The molecule has 1 aromatic carbocycles. The molecule has 2 unspecified atom stereocenters. The first-order valence-electron chi connectivity index (χ1n) is 7.93. The number of aliphatic hydroxyl groups is 1. The molecule has 1 aliphatic heterocycles. The maximum absolute atomic E-state index is 9.56. The maximum Gasteiger partial charge on any atom is 0.241 e. The highest BCUT2D eigenvalue weighted by Crippen LogP contribution is 2.25. The number of hydrogen-bond donors (Lipinski definition) is 1. The molecule has 2 atom stereocenters. The molecule has 2 heterocycles. The predicted molar refractivity (Wildman–Crippen MR) is 84.2 cm³/mol. The van der Waals surface area contributed by atoms with Crippen molar-refractivity contribution in [3.63, 3.8) is 0 Å². The fraction of sp³-hybridized carbons (Fsp3) is 0.529. The maximum atomic E-state index is 9.56. The fourth-order valence-electron chi connectivity index (χ4n) is 3.12. The van der Waals surface area contributed by atoms with Crippen LogP contribution in [0.5, 0.6) is 0 Å². The lowest BCUT2D eigenvalue weighted by Crippen LogP contribution is -2.46. The summed E-state index contributed by atoms with van der Waals surface area (Å²) in [5.41, 5.74) is 2.17. The zero-order valence-electron chi connectivity index (χ0n) is 13.2. The molecule has 0 radical (unpaired) electrons. The summed E-state index contributed by atoms with van der Waals surface area (Å²) in [6.45, 7) is 5.03. The molecule has 5 nitrogen and oxygen atoms in total. The average Bonchev–Trinajstić information content (AvgIpc) is 2.98. The van der Waals surface area contributed by atoms with Crippen molar-refractivity contribution in [2.24, 2.45) is 0 Å². The van der Waals surface area contributed by atoms with Gasteiger partial charge < -0.3 is 9.63 Å². The number of hydrogen-bond acceptors (Lipinski definition) is 5. The van der Waals surface area contributed by atoms with Crippen LogP contribution in [0.2, 0.25) is 0 Å². The van der Waals surface area contributed by atoms with E-state index in [9.17, 15) is 5.11 Å². The number of aryl methyl sites for hydroxylation is 1. The van der Waals surface area contributed by atoms with Crippen molar-refractivity contribution in [3.8, 4) is 11.4 Å². The second-order valence-corrected chi connectivity index (χ2v) is 6.17. The monoisotopic (exact) mass is 301 g/mol. The van der Waals surface area contributed by atoms with E-state index >= 15 is 0 Å². The Morgan fingerprint density at radius 3 is 2.77 bits per heavy atom. The summed E-state index contributed by atoms with van der Waals surface area (Å²) in [6, 6.07) is 8.72. The minimum atomic E-state index is 0.184. The van der Waals surface area contributed by atoms with Gasteiger partial charge in [0.25, 0.3) is 0 Å². The van der Waals surface area contributed by atoms with Crippen molar-refractivity contribution in [1.82, 2.24) is 15.0 Å². The van der Waals surface area contributed by atoms with Gasteiger partial charge in [-0.2, -0.15) is 4.98 Å². The third-order valence-electron chi connectivity index (χ3n) is 4.50. The molecule has 118 valence electrons. The summed E-state index contributed by atoms with van der Waals surface area (Å²) in [6.07, 6.45) is 3.34. The van der Waals surface area contributed by atoms with Crippen molar-refractivity contribution in [3.05, 3.63) is 35.7 Å². The molecule has 22 heavy (non-hydrogen) atoms. The standard InChI is InChI=1S/C17H23N3O2/c1-12-6-8-14(9-7-12)17-18-16(22-19-17)10-20-13(2)4-3-5-15(20)11-21/h6-9,13,15,21H,3-5,10-11H2,1-2H3. The molecule has 2 aromatic rings. The van der Waals surface area contributed by atoms with Gasteiger partial charge in [-0.1, -0.05) is 41.4 Å². The number of aromatic nitrogens is 2. The number of nitrogens with zero attached hydrogens (tertiary/aromatic N) is 3. The minimum absolute atomic E-state index is 0.184. The van der Waals surface area contributed by atoms with Gasteiger partial charge >= 0.3 is 0 Å². The Kier molecular flexibility index (Phi) is 4.55. The lowest BCUT2D eigenvalue weighted by Gasteiger charge is -2.38. The van der Waals surface area contributed by atoms with Crippen LogP contribution < -0.4 is 0 Å². The quantitative estimate of drug-likeness (QED) is 0.941. The van der Waals surface area contributed by atoms with Crippen LogP contribution in [0.25, 0.3) is 11.4 Å². The molecule has 1 aromatic heterocycles. The van der Waals surface area contributed by atoms with Crippen LogP contribution in [0, 0.1) is 6.92 Å². The summed E-state index contributed by atoms with van der Waals surface area (Å²) >= 11 is 0. The Labute approximate surface area is 131 Å². The molecule has 1 aliphatic rings. The summed E-state index contributed by atoms with van der Waals surface area (Å²) in [4.78, 5) is 6.78. The van der Waals surface area contributed by atoms with E-state index in [-0.39, 0.29) is 12.6 Å². The molecule has 1 fully saturated rings. The molecule has 0 spiro atoms. The Hall–Kier alpha value is -1.72. The molecule has 0 saturated carbocycles. The molecule has 0 bridgehead atoms. The van der Waals surface area contributed by atoms with Gasteiger partial charge in [-0.25, -0.2) is 0 Å². The molecule has 1 saturated heterocycles. The first kappa shape index (κ1) is 15.2. The molecular formula is C17H23N3O2. The van der Waals surface area contributed by atoms with E-state index in [1.54, 1.807) is 0 Å². The lowest BCUT2D eigenvalue weighted by atomic mass is 9.97. The van der Waals surface area contributed by atoms with Crippen molar-refractivity contribution in [2.75, 3.05) is 6.61 Å². The highest BCUT2D eigenvalue weighted by Gasteiger charge is 2.28. The molecular weight excluding hydrogens is 278 g/mol. The van der Waals surface area contributed by atoms with E-state index in [4.69, 9.17) is 4.52 Å². The third-order valence-corrected chi connectivity index (χ3v) is 4.50. The van der Waals surface area contributed by atoms with Crippen molar-refractivity contribution >= 4 is 0 Å². The van der Waals surface area contributed by atoms with Gasteiger partial charge in [0.15, 0.2) is 0 Å². The van der Waals surface area contributed by atoms with Crippen LogP contribution in [-0.4, -0.2) is 38.8 Å². The number of rotatable bonds is 4. The highest BCUT2D eigenvalue weighted by atomic mass is 16.5. The van der Waals surface area contributed by atoms with E-state index in [1.165, 1.54) is 12.0 Å². The van der Waals surface area contributed by atoms with Gasteiger partial charge in [-0.15, -0.1) is 0 Å². The second kappa shape index (κ2) is 6.58. The molecule has 0 amide bonds. The summed E-state index contributed by atoms with van der Waals surface area (Å²) in [5.74, 6) is 1.24. The zero-order valence-corrected chi connectivity index (χ0v) is 13.2. The van der Waals surface area contributed by atoms with Crippen molar-refractivity contribution in [2.45, 2.75) is 51.7 Å². The first-order valence-corrected chi connectivity index (χ1v) is 7.93. The van der Waals surface area contributed by atoms with Crippen LogP contribution in [0.1, 0.15) is 37.6 Å². The molecule has 1 N–H and O–H groups in total. The number of aliphatic hydroxyl groups excluding tert-OH is 1.